The number of sulfonamides is 1. The van der Waals surface area contributed by atoms with Crippen LogP contribution in [-0.2, 0) is 14.8 Å². The summed E-state index contributed by atoms with van der Waals surface area (Å²) in [6, 6.07) is 20.6. The summed E-state index contributed by atoms with van der Waals surface area (Å²) in [6.45, 7) is 3.45. The predicted octanol–water partition coefficient (Wildman–Crippen LogP) is 4.66. The van der Waals surface area contributed by atoms with Gasteiger partial charge in [0, 0.05) is 30.9 Å². The van der Waals surface area contributed by atoms with Gasteiger partial charge in [-0.3, -0.25) is 19.2 Å². The second kappa shape index (κ2) is 11.4. The average molecular weight is 523 g/mol. The topological polar surface area (TPSA) is 113 Å². The second-order valence-electron chi connectivity index (χ2n) is 9.03. The van der Waals surface area contributed by atoms with Gasteiger partial charge in [-0.25, -0.2) is 8.42 Å². The number of hydrogen-bond donors (Lipinski definition) is 1. The molecule has 10 heteroatoms. The summed E-state index contributed by atoms with van der Waals surface area (Å²) < 4.78 is 27.8. The molecule has 1 N–H and O–H groups in total. The fraction of sp³-hybridized carbons (Fsp3) is 0.296. The Kier molecular flexibility index (Phi) is 8.08. The van der Waals surface area contributed by atoms with Crippen LogP contribution >= 0.6 is 0 Å². The number of carbonyl (C=O) groups excluding carboxylic acids is 1. The number of amides is 1. The second-order valence-corrected chi connectivity index (χ2v) is 10.9. The molecular weight excluding hydrogens is 492 g/mol. The lowest BCUT2D eigenvalue weighted by atomic mass is 10.1. The third-order valence-corrected chi connectivity index (χ3v) is 8.25. The maximum atomic E-state index is 13.4. The van der Waals surface area contributed by atoms with E-state index in [4.69, 9.17) is 0 Å². The molecule has 3 aromatic rings. The summed E-state index contributed by atoms with van der Waals surface area (Å²) >= 11 is 0. The van der Waals surface area contributed by atoms with E-state index in [9.17, 15) is 23.3 Å². The molecule has 9 nitrogen and oxygen atoms in total. The molecule has 1 unspecified atom stereocenters. The lowest BCUT2D eigenvalue weighted by molar-refractivity contribution is -0.384. The molecule has 1 aliphatic rings. The molecule has 0 spiro atoms. The maximum absolute atomic E-state index is 13.4. The van der Waals surface area contributed by atoms with Crippen molar-refractivity contribution in [3.05, 3.63) is 94.5 Å². The van der Waals surface area contributed by atoms with Crippen LogP contribution in [0.4, 0.5) is 17.1 Å². The molecule has 0 saturated carbocycles. The maximum Gasteiger partial charge on any atom is 0.269 e. The molecule has 0 aromatic heterocycles. The lowest BCUT2D eigenvalue weighted by Crippen LogP contribution is -2.41. The normalized spacial score (nSPS) is 14.6. The number of nitrogens with zero attached hydrogens (tertiary/aromatic N) is 3. The first kappa shape index (κ1) is 26.2. The van der Waals surface area contributed by atoms with Gasteiger partial charge in [-0.15, -0.1) is 0 Å². The number of rotatable bonds is 9. The molecule has 1 heterocycles. The van der Waals surface area contributed by atoms with Crippen molar-refractivity contribution in [3.8, 4) is 0 Å². The molecule has 37 heavy (non-hydrogen) atoms. The molecule has 0 aliphatic carbocycles. The number of anilines is 2. The van der Waals surface area contributed by atoms with Crippen LogP contribution in [0.2, 0.25) is 0 Å². The van der Waals surface area contributed by atoms with Crippen molar-refractivity contribution in [2.75, 3.05) is 28.8 Å². The smallest absolute Gasteiger partial charge is 0.269 e. The van der Waals surface area contributed by atoms with Crippen LogP contribution in [0.15, 0.2) is 83.8 Å². The third kappa shape index (κ3) is 6.26. The number of nitro groups is 1. The monoisotopic (exact) mass is 522 g/mol. The van der Waals surface area contributed by atoms with Crippen LogP contribution in [0.5, 0.6) is 0 Å². The molecule has 1 saturated heterocycles. The van der Waals surface area contributed by atoms with Gasteiger partial charge in [-0.1, -0.05) is 30.3 Å². The fourth-order valence-corrected chi connectivity index (χ4v) is 5.84. The first-order chi connectivity index (χ1) is 17.8. The highest BCUT2D eigenvalue weighted by Crippen LogP contribution is 2.26. The SMILES string of the molecule is CC(NC(=O)CN(c1ccc([N+](=O)[O-])cc1)S(=O)(=O)c1ccccc1)c1ccc(N2CCCCC2)cc1. The van der Waals surface area contributed by atoms with Crippen molar-refractivity contribution < 1.29 is 18.1 Å². The minimum absolute atomic E-state index is 0.0162. The van der Waals surface area contributed by atoms with Gasteiger partial charge < -0.3 is 10.2 Å². The van der Waals surface area contributed by atoms with E-state index < -0.39 is 27.4 Å². The van der Waals surface area contributed by atoms with Crippen LogP contribution in [0.25, 0.3) is 0 Å². The van der Waals surface area contributed by atoms with Gasteiger partial charge in [0.25, 0.3) is 15.7 Å². The van der Waals surface area contributed by atoms with Gasteiger partial charge in [0.05, 0.1) is 21.5 Å². The Labute approximate surface area is 216 Å². The Balaban J connectivity index is 1.51. The molecule has 0 radical (unpaired) electrons. The highest BCUT2D eigenvalue weighted by molar-refractivity contribution is 7.92. The van der Waals surface area contributed by atoms with Crippen LogP contribution in [-0.4, -0.2) is 38.9 Å². The molecule has 1 amide bonds. The molecule has 1 aliphatic heterocycles. The Hall–Kier alpha value is -3.92. The molecule has 1 fully saturated rings. The van der Waals surface area contributed by atoms with Crippen molar-refractivity contribution >= 4 is 33.0 Å². The summed E-state index contributed by atoms with van der Waals surface area (Å²) in [7, 11) is -4.10. The number of nitrogens with one attached hydrogen (secondary N) is 1. The summed E-state index contributed by atoms with van der Waals surface area (Å²) in [5.74, 6) is -0.495. The van der Waals surface area contributed by atoms with E-state index >= 15 is 0 Å². The van der Waals surface area contributed by atoms with Crippen LogP contribution in [0, 0.1) is 10.1 Å². The fourth-order valence-electron chi connectivity index (χ4n) is 4.40. The van der Waals surface area contributed by atoms with Gasteiger partial charge in [0.1, 0.15) is 6.54 Å². The number of carbonyl (C=O) groups is 1. The Morgan fingerprint density at radius 3 is 2.19 bits per heavy atom. The van der Waals surface area contributed by atoms with Crippen molar-refractivity contribution in [3.63, 3.8) is 0 Å². The quantitative estimate of drug-likeness (QED) is 0.323. The van der Waals surface area contributed by atoms with E-state index in [0.717, 1.165) is 28.6 Å². The zero-order chi connectivity index (χ0) is 26.4. The van der Waals surface area contributed by atoms with E-state index in [1.165, 1.54) is 55.7 Å². The van der Waals surface area contributed by atoms with Gasteiger partial charge in [-0.2, -0.15) is 0 Å². The Bertz CT molecular complexity index is 1320. The van der Waals surface area contributed by atoms with E-state index in [1.54, 1.807) is 18.2 Å². The average Bonchev–Trinajstić information content (AvgIpc) is 2.92. The zero-order valence-corrected chi connectivity index (χ0v) is 21.4. The minimum atomic E-state index is -4.10. The summed E-state index contributed by atoms with van der Waals surface area (Å²) in [5.41, 5.74) is 2.04. The minimum Gasteiger partial charge on any atom is -0.372 e. The number of piperidine rings is 1. The van der Waals surface area contributed by atoms with Crippen molar-refractivity contribution in [1.82, 2.24) is 5.32 Å². The molecular formula is C27H30N4O5S. The Morgan fingerprint density at radius 1 is 0.973 bits per heavy atom. The highest BCUT2D eigenvalue weighted by Gasteiger charge is 2.28. The van der Waals surface area contributed by atoms with Crippen LogP contribution in [0.3, 0.4) is 0 Å². The predicted molar refractivity (Wildman–Crippen MR) is 143 cm³/mol. The van der Waals surface area contributed by atoms with E-state index in [0.29, 0.717) is 0 Å². The van der Waals surface area contributed by atoms with E-state index in [-0.39, 0.29) is 22.3 Å². The van der Waals surface area contributed by atoms with Gasteiger partial charge >= 0.3 is 0 Å². The van der Waals surface area contributed by atoms with Gasteiger partial charge in [0.2, 0.25) is 5.91 Å². The lowest BCUT2D eigenvalue weighted by Gasteiger charge is -2.29. The van der Waals surface area contributed by atoms with E-state index in [2.05, 4.69) is 10.2 Å². The number of nitro benzene ring substituents is 1. The third-order valence-electron chi connectivity index (χ3n) is 6.46. The van der Waals surface area contributed by atoms with E-state index in [1.807, 2.05) is 31.2 Å². The van der Waals surface area contributed by atoms with Crippen molar-refractivity contribution in [2.24, 2.45) is 0 Å². The molecule has 3 aromatic carbocycles. The van der Waals surface area contributed by atoms with Crippen LogP contribution < -0.4 is 14.5 Å². The first-order valence-corrected chi connectivity index (χ1v) is 13.7. The standard InChI is InChI=1S/C27H30N4O5S/c1-21(22-10-12-23(13-11-22)29-18-6-3-7-19-29)28-27(32)20-30(24-14-16-25(17-15-24)31(33)34)37(35,36)26-8-4-2-5-9-26/h2,4-5,8-17,21H,3,6-7,18-20H2,1H3,(H,28,32). The number of benzene rings is 3. The number of hydrogen-bond acceptors (Lipinski definition) is 6. The van der Waals surface area contributed by atoms with Crippen molar-refractivity contribution in [1.29, 1.82) is 0 Å². The summed E-state index contributed by atoms with van der Waals surface area (Å²) in [5, 5.41) is 13.9. The van der Waals surface area contributed by atoms with Gasteiger partial charge in [-0.05, 0) is 68.1 Å². The molecule has 4 rings (SSSR count). The van der Waals surface area contributed by atoms with Crippen molar-refractivity contribution in [2.45, 2.75) is 37.1 Å². The Morgan fingerprint density at radius 2 is 1.59 bits per heavy atom. The molecule has 194 valence electrons. The number of non-ortho nitro benzene ring substituents is 1. The molecule has 0 bridgehead atoms. The first-order valence-electron chi connectivity index (χ1n) is 12.2. The highest BCUT2D eigenvalue weighted by atomic mass is 32.2. The zero-order valence-electron chi connectivity index (χ0n) is 20.6. The van der Waals surface area contributed by atoms with Crippen LogP contribution in [0.1, 0.15) is 37.8 Å². The summed E-state index contributed by atoms with van der Waals surface area (Å²) in [4.78, 5) is 25.9. The largest absolute Gasteiger partial charge is 0.372 e. The van der Waals surface area contributed by atoms with Gasteiger partial charge in [0.15, 0.2) is 0 Å². The molecule has 1 atom stereocenters. The summed E-state index contributed by atoms with van der Waals surface area (Å²) in [6.07, 6.45) is 3.63.